The van der Waals surface area contributed by atoms with Crippen LogP contribution in [0.4, 0.5) is 0 Å². The molecule has 1 heterocycles. The van der Waals surface area contributed by atoms with Crippen LogP contribution in [-0.4, -0.2) is 15.4 Å². The maximum absolute atomic E-state index is 3.67. The molecule has 0 amide bonds. The Morgan fingerprint density at radius 2 is 1.50 bits per heavy atom. The molecule has 3 nitrogen and oxygen atoms in total. The Bertz CT molecular complexity index is 86.0. The normalized spacial score (nSPS) is 6.00. The first-order valence-electron chi connectivity index (χ1n) is 1.70. The van der Waals surface area contributed by atoms with Crippen LogP contribution in [0.15, 0.2) is 24.8 Å². The minimum atomic E-state index is 0. The molecule has 0 aliphatic rings. The third-order valence-corrected chi connectivity index (χ3v) is 0.478. The van der Waals surface area contributed by atoms with Crippen molar-refractivity contribution in [2.45, 2.75) is 0 Å². The zero-order valence-electron chi connectivity index (χ0n) is 4.41. The van der Waals surface area contributed by atoms with Gasteiger partial charge in [0.1, 0.15) is 6.33 Å². The Hall–Kier alpha value is -0.337. The van der Waals surface area contributed by atoms with Crippen LogP contribution in [0, 0.1) is 0 Å². The summed E-state index contributed by atoms with van der Waals surface area (Å²) in [6.07, 6.45) is 4.88. The van der Waals surface area contributed by atoms with Crippen LogP contribution in [0.1, 0.15) is 0 Å². The van der Waals surface area contributed by atoms with Crippen LogP contribution in [-0.2, 0) is 19.5 Å². The Kier molecular flexibility index (Phi) is 8.84. The first kappa shape index (κ1) is 10.6. The Labute approximate surface area is 60.2 Å². The van der Waals surface area contributed by atoms with Gasteiger partial charge in [-0.2, -0.15) is 0 Å². The van der Waals surface area contributed by atoms with E-state index in [0.29, 0.717) is 0 Å². The average molecular weight is 163 g/mol. The van der Waals surface area contributed by atoms with Gasteiger partial charge in [0.05, 0.1) is 0 Å². The van der Waals surface area contributed by atoms with E-state index in [0.717, 1.165) is 0 Å². The van der Waals surface area contributed by atoms with Gasteiger partial charge in [-0.05, 0) is 6.07 Å². The average Bonchev–Trinajstić information content (AvgIpc) is 1.72. The molecule has 40 valence electrons. The summed E-state index contributed by atoms with van der Waals surface area (Å²) in [6, 6.07) is 1.78. The summed E-state index contributed by atoms with van der Waals surface area (Å²) in [5.74, 6) is 0. The smallest absolute Gasteiger partial charge is 0.115 e. The van der Waals surface area contributed by atoms with Gasteiger partial charge in [-0.25, -0.2) is 9.97 Å². The largest absolute Gasteiger partial charge is 0.412 e. The van der Waals surface area contributed by atoms with Gasteiger partial charge in [-0.1, -0.05) is 0 Å². The van der Waals surface area contributed by atoms with Crippen molar-refractivity contribution in [3.8, 4) is 0 Å². The quantitative estimate of drug-likeness (QED) is 0.491. The van der Waals surface area contributed by atoms with Crippen molar-refractivity contribution in [2.24, 2.45) is 0 Å². The second kappa shape index (κ2) is 6.66. The van der Waals surface area contributed by atoms with Crippen LogP contribution in [0.3, 0.4) is 0 Å². The van der Waals surface area contributed by atoms with E-state index in [9.17, 15) is 0 Å². The summed E-state index contributed by atoms with van der Waals surface area (Å²) in [4.78, 5) is 7.35. The Morgan fingerprint density at radius 3 is 1.62 bits per heavy atom. The van der Waals surface area contributed by atoms with Gasteiger partial charge in [0, 0.05) is 31.9 Å². The molecule has 2 N–H and O–H groups in total. The summed E-state index contributed by atoms with van der Waals surface area (Å²) in [7, 11) is 0. The number of aromatic nitrogens is 2. The fourth-order valence-electron chi connectivity index (χ4n) is 0.253. The van der Waals surface area contributed by atoms with Crippen molar-refractivity contribution in [1.29, 1.82) is 0 Å². The van der Waals surface area contributed by atoms with E-state index in [1.165, 1.54) is 6.33 Å². The number of hydrogen-bond donors (Lipinski definition) is 0. The van der Waals surface area contributed by atoms with Crippen molar-refractivity contribution in [3.05, 3.63) is 24.8 Å². The molecule has 8 heavy (non-hydrogen) atoms. The van der Waals surface area contributed by atoms with Gasteiger partial charge in [-0.15, -0.1) is 0 Å². The Morgan fingerprint density at radius 1 is 1.00 bits per heavy atom. The maximum atomic E-state index is 3.67. The molecule has 1 rings (SSSR count). The third-order valence-electron chi connectivity index (χ3n) is 0.478. The van der Waals surface area contributed by atoms with Crippen LogP contribution >= 0.6 is 0 Å². The SMILES string of the molecule is O.[Zn].c1cncnc1. The van der Waals surface area contributed by atoms with Gasteiger partial charge in [-0.3, -0.25) is 0 Å². The van der Waals surface area contributed by atoms with Gasteiger partial charge < -0.3 is 5.48 Å². The molecule has 0 fully saturated rings. The predicted molar refractivity (Wildman–Crippen MR) is 25.6 cm³/mol. The Balaban J connectivity index is 0. The van der Waals surface area contributed by atoms with E-state index in [1.807, 2.05) is 0 Å². The van der Waals surface area contributed by atoms with E-state index in [2.05, 4.69) is 9.97 Å². The first-order valence-corrected chi connectivity index (χ1v) is 1.70. The molecule has 0 unspecified atom stereocenters. The van der Waals surface area contributed by atoms with Crippen molar-refractivity contribution >= 4 is 0 Å². The van der Waals surface area contributed by atoms with E-state index < -0.39 is 0 Å². The summed E-state index contributed by atoms with van der Waals surface area (Å²) in [5.41, 5.74) is 0. The topological polar surface area (TPSA) is 57.3 Å². The molecule has 0 aliphatic carbocycles. The van der Waals surface area contributed by atoms with Gasteiger partial charge in [0.15, 0.2) is 0 Å². The molecule has 0 aliphatic heterocycles. The van der Waals surface area contributed by atoms with Gasteiger partial charge in [0.25, 0.3) is 0 Å². The standard InChI is InChI=1S/C4H4N2.H2O.Zn/c1-2-5-4-6-3-1;;/h1-4H;1H2;. The molecule has 4 heteroatoms. The predicted octanol–water partition coefficient (Wildman–Crippen LogP) is -0.351. The molecule has 0 saturated carbocycles. The van der Waals surface area contributed by atoms with Crippen LogP contribution in [0.25, 0.3) is 0 Å². The zero-order chi connectivity index (χ0) is 4.24. The molecular weight excluding hydrogens is 157 g/mol. The second-order valence-corrected chi connectivity index (χ2v) is 0.904. The molecular formula is C4H6N2OZn. The summed E-state index contributed by atoms with van der Waals surface area (Å²) < 4.78 is 0. The molecule has 1 aromatic heterocycles. The van der Waals surface area contributed by atoms with Crippen LogP contribution in [0.5, 0.6) is 0 Å². The number of nitrogens with zero attached hydrogens (tertiary/aromatic N) is 2. The molecule has 1 aromatic rings. The summed E-state index contributed by atoms with van der Waals surface area (Å²) in [5, 5.41) is 0. The van der Waals surface area contributed by atoms with Crippen molar-refractivity contribution in [1.82, 2.24) is 9.97 Å². The summed E-state index contributed by atoms with van der Waals surface area (Å²) >= 11 is 0. The summed E-state index contributed by atoms with van der Waals surface area (Å²) in [6.45, 7) is 0. The molecule has 0 bridgehead atoms. The van der Waals surface area contributed by atoms with E-state index in [1.54, 1.807) is 18.5 Å². The van der Waals surface area contributed by atoms with Crippen molar-refractivity contribution in [2.75, 3.05) is 0 Å². The second-order valence-electron chi connectivity index (χ2n) is 0.904. The first-order chi connectivity index (χ1) is 3.00. The molecule has 0 radical (unpaired) electrons. The van der Waals surface area contributed by atoms with Gasteiger partial charge in [0.2, 0.25) is 0 Å². The minimum Gasteiger partial charge on any atom is -0.412 e. The van der Waals surface area contributed by atoms with E-state index in [4.69, 9.17) is 0 Å². The van der Waals surface area contributed by atoms with Crippen molar-refractivity contribution in [3.63, 3.8) is 0 Å². The monoisotopic (exact) mass is 162 g/mol. The molecule has 0 aromatic carbocycles. The minimum absolute atomic E-state index is 0. The number of rotatable bonds is 0. The van der Waals surface area contributed by atoms with Crippen LogP contribution in [0.2, 0.25) is 0 Å². The van der Waals surface area contributed by atoms with E-state index in [-0.39, 0.29) is 25.0 Å². The van der Waals surface area contributed by atoms with Crippen molar-refractivity contribution < 1.29 is 25.0 Å². The maximum Gasteiger partial charge on any atom is 0.115 e. The van der Waals surface area contributed by atoms with Crippen LogP contribution < -0.4 is 0 Å². The third kappa shape index (κ3) is 3.84. The fourth-order valence-corrected chi connectivity index (χ4v) is 0.253. The molecule has 0 spiro atoms. The fraction of sp³-hybridized carbons (Fsp3) is 0. The number of hydrogen-bond acceptors (Lipinski definition) is 2. The zero-order valence-corrected chi connectivity index (χ0v) is 7.38. The van der Waals surface area contributed by atoms with E-state index >= 15 is 0 Å². The molecule has 0 atom stereocenters. The molecule has 0 saturated heterocycles. The van der Waals surface area contributed by atoms with Gasteiger partial charge >= 0.3 is 0 Å².